The molecule has 1 fully saturated rings. The molecule has 1 heterocycles. The van der Waals surface area contributed by atoms with Crippen molar-refractivity contribution in [1.82, 2.24) is 4.90 Å². The lowest BCUT2D eigenvalue weighted by Crippen LogP contribution is -2.45. The number of aryl methyl sites for hydroxylation is 1. The van der Waals surface area contributed by atoms with Gasteiger partial charge in [-0.15, -0.1) is 0 Å². The zero-order valence-electron chi connectivity index (χ0n) is 16.2. The topological polar surface area (TPSA) is 85.3 Å². The molecular weight excluding hydrogens is 338 g/mol. The van der Waals surface area contributed by atoms with Crippen LogP contribution in [0.4, 0.5) is 4.79 Å². The van der Waals surface area contributed by atoms with Gasteiger partial charge in [-0.05, 0) is 51.8 Å². The number of carboxylic acid groups (broad SMARTS) is 1. The standard InChI is InChI=1S/C19H27NO6/c1-11-9-13(24-5)15(14(10-11)25-6)12-7-8-20(16(12)17(21)22)18(23)26-19(2,3)4/h9-10,12,16H,7-8H2,1-6H3,(H,21,22). The molecule has 0 saturated carbocycles. The Bertz CT molecular complexity index is 669. The van der Waals surface area contributed by atoms with Gasteiger partial charge in [0.25, 0.3) is 0 Å². The first-order chi connectivity index (χ1) is 12.1. The number of likely N-dealkylation sites (tertiary alicyclic amines) is 1. The molecule has 1 aliphatic heterocycles. The fourth-order valence-corrected chi connectivity index (χ4v) is 3.36. The fourth-order valence-electron chi connectivity index (χ4n) is 3.36. The average molecular weight is 365 g/mol. The quantitative estimate of drug-likeness (QED) is 0.882. The first-order valence-corrected chi connectivity index (χ1v) is 8.54. The Kier molecular flexibility index (Phi) is 5.68. The highest BCUT2D eigenvalue weighted by Crippen LogP contribution is 2.44. The molecule has 7 heteroatoms. The fraction of sp³-hybridized carbons (Fsp3) is 0.579. The number of nitrogens with zero attached hydrogens (tertiary/aromatic N) is 1. The number of amides is 1. The van der Waals surface area contributed by atoms with Crippen molar-refractivity contribution < 1.29 is 28.9 Å². The Morgan fingerprint density at radius 2 is 1.69 bits per heavy atom. The summed E-state index contributed by atoms with van der Waals surface area (Å²) in [6, 6.07) is 2.63. The van der Waals surface area contributed by atoms with E-state index >= 15 is 0 Å². The molecule has 0 aromatic heterocycles. The molecule has 0 bridgehead atoms. The zero-order chi connectivity index (χ0) is 19.6. The predicted octanol–water partition coefficient (Wildman–Crippen LogP) is 3.19. The maximum atomic E-state index is 12.5. The van der Waals surface area contributed by atoms with Crippen LogP contribution in [-0.2, 0) is 9.53 Å². The van der Waals surface area contributed by atoms with E-state index in [-0.39, 0.29) is 6.54 Å². The summed E-state index contributed by atoms with van der Waals surface area (Å²) in [6.07, 6.45) is -0.149. The summed E-state index contributed by atoms with van der Waals surface area (Å²) in [5, 5.41) is 9.81. The lowest BCUT2D eigenvalue weighted by Gasteiger charge is -2.29. The van der Waals surface area contributed by atoms with Gasteiger partial charge in [0.1, 0.15) is 23.1 Å². The average Bonchev–Trinajstić information content (AvgIpc) is 2.97. The van der Waals surface area contributed by atoms with Gasteiger partial charge in [0.2, 0.25) is 0 Å². The minimum absolute atomic E-state index is 0.288. The van der Waals surface area contributed by atoms with Crippen LogP contribution in [0.2, 0.25) is 0 Å². The largest absolute Gasteiger partial charge is 0.496 e. The first-order valence-electron chi connectivity index (χ1n) is 8.54. The molecule has 2 unspecified atom stereocenters. The SMILES string of the molecule is COc1cc(C)cc(OC)c1C1CCN(C(=O)OC(C)(C)C)C1C(=O)O. The highest BCUT2D eigenvalue weighted by Gasteiger charge is 2.46. The van der Waals surface area contributed by atoms with Crippen LogP contribution in [0.15, 0.2) is 12.1 Å². The number of ether oxygens (including phenoxy) is 3. The predicted molar refractivity (Wildman–Crippen MR) is 96.0 cm³/mol. The number of carbonyl (C=O) groups excluding carboxylic acids is 1. The number of carbonyl (C=O) groups is 2. The Labute approximate surface area is 153 Å². The Hall–Kier alpha value is -2.44. The van der Waals surface area contributed by atoms with Crippen molar-refractivity contribution in [2.24, 2.45) is 0 Å². The van der Waals surface area contributed by atoms with Gasteiger partial charge in [-0.25, -0.2) is 9.59 Å². The van der Waals surface area contributed by atoms with Gasteiger partial charge in [0.05, 0.1) is 14.2 Å². The summed E-state index contributed by atoms with van der Waals surface area (Å²) in [4.78, 5) is 25.8. The van der Waals surface area contributed by atoms with Crippen molar-refractivity contribution in [2.75, 3.05) is 20.8 Å². The second-order valence-corrected chi connectivity index (χ2v) is 7.44. The van der Waals surface area contributed by atoms with Crippen LogP contribution in [-0.4, -0.2) is 54.5 Å². The third-order valence-corrected chi connectivity index (χ3v) is 4.34. The van der Waals surface area contributed by atoms with E-state index in [2.05, 4.69) is 0 Å². The summed E-state index contributed by atoms with van der Waals surface area (Å²) in [5.74, 6) is -0.415. The number of hydrogen-bond acceptors (Lipinski definition) is 5. The van der Waals surface area contributed by atoms with E-state index in [0.29, 0.717) is 23.5 Å². The number of aliphatic carboxylic acids is 1. The van der Waals surface area contributed by atoms with Gasteiger partial charge in [-0.2, -0.15) is 0 Å². The lowest BCUT2D eigenvalue weighted by atomic mass is 9.89. The Morgan fingerprint density at radius 1 is 1.15 bits per heavy atom. The molecule has 144 valence electrons. The van der Waals surface area contributed by atoms with E-state index < -0.39 is 29.6 Å². The number of methoxy groups -OCH3 is 2. The molecule has 1 aromatic rings. The second-order valence-electron chi connectivity index (χ2n) is 7.44. The molecule has 2 rings (SSSR count). The normalized spacial score (nSPS) is 20.0. The molecule has 1 aliphatic rings. The molecule has 0 radical (unpaired) electrons. The smallest absolute Gasteiger partial charge is 0.411 e. The molecule has 1 N–H and O–H groups in total. The van der Waals surface area contributed by atoms with Crippen molar-refractivity contribution in [1.29, 1.82) is 0 Å². The Morgan fingerprint density at radius 3 is 2.12 bits per heavy atom. The number of benzene rings is 1. The third kappa shape index (κ3) is 4.03. The lowest BCUT2D eigenvalue weighted by molar-refractivity contribution is -0.142. The van der Waals surface area contributed by atoms with E-state index in [0.717, 1.165) is 5.56 Å². The van der Waals surface area contributed by atoms with Crippen molar-refractivity contribution >= 4 is 12.1 Å². The van der Waals surface area contributed by atoms with Gasteiger partial charge in [0.15, 0.2) is 0 Å². The van der Waals surface area contributed by atoms with Crippen LogP contribution in [0.3, 0.4) is 0 Å². The van der Waals surface area contributed by atoms with E-state index in [1.807, 2.05) is 19.1 Å². The van der Waals surface area contributed by atoms with E-state index in [1.54, 1.807) is 20.8 Å². The molecule has 26 heavy (non-hydrogen) atoms. The van der Waals surface area contributed by atoms with Crippen LogP contribution < -0.4 is 9.47 Å². The van der Waals surface area contributed by atoms with Crippen LogP contribution in [0.25, 0.3) is 0 Å². The van der Waals surface area contributed by atoms with Crippen molar-refractivity contribution in [3.63, 3.8) is 0 Å². The molecule has 1 aromatic carbocycles. The summed E-state index contributed by atoms with van der Waals surface area (Å²) >= 11 is 0. The van der Waals surface area contributed by atoms with Crippen LogP contribution in [0.1, 0.15) is 44.2 Å². The second kappa shape index (κ2) is 7.43. The summed E-state index contributed by atoms with van der Waals surface area (Å²) in [6.45, 7) is 7.45. The third-order valence-electron chi connectivity index (χ3n) is 4.34. The van der Waals surface area contributed by atoms with Gasteiger partial charge in [-0.1, -0.05) is 0 Å². The van der Waals surface area contributed by atoms with E-state index in [9.17, 15) is 14.7 Å². The summed E-state index contributed by atoms with van der Waals surface area (Å²) < 4.78 is 16.3. The van der Waals surface area contributed by atoms with Crippen LogP contribution >= 0.6 is 0 Å². The van der Waals surface area contributed by atoms with E-state index in [1.165, 1.54) is 19.1 Å². The van der Waals surface area contributed by atoms with Crippen molar-refractivity contribution in [3.8, 4) is 11.5 Å². The molecule has 0 aliphatic carbocycles. The van der Waals surface area contributed by atoms with Gasteiger partial charge in [0, 0.05) is 18.0 Å². The van der Waals surface area contributed by atoms with Gasteiger partial charge < -0.3 is 19.3 Å². The zero-order valence-corrected chi connectivity index (χ0v) is 16.2. The highest BCUT2D eigenvalue weighted by atomic mass is 16.6. The maximum absolute atomic E-state index is 12.5. The van der Waals surface area contributed by atoms with Gasteiger partial charge in [-0.3, -0.25) is 4.90 Å². The van der Waals surface area contributed by atoms with Crippen LogP contribution in [0, 0.1) is 6.92 Å². The van der Waals surface area contributed by atoms with Crippen molar-refractivity contribution in [2.45, 2.75) is 51.7 Å². The minimum atomic E-state index is -1.08. The number of rotatable bonds is 4. The summed E-state index contributed by atoms with van der Waals surface area (Å²) in [7, 11) is 3.07. The molecule has 0 spiro atoms. The number of hydrogen-bond donors (Lipinski definition) is 1. The summed E-state index contributed by atoms with van der Waals surface area (Å²) in [5.41, 5.74) is 0.910. The molecule has 2 atom stereocenters. The van der Waals surface area contributed by atoms with Crippen molar-refractivity contribution in [3.05, 3.63) is 23.3 Å². The van der Waals surface area contributed by atoms with Gasteiger partial charge >= 0.3 is 12.1 Å². The maximum Gasteiger partial charge on any atom is 0.411 e. The number of carboxylic acids is 1. The molecule has 1 saturated heterocycles. The van der Waals surface area contributed by atoms with Crippen LogP contribution in [0.5, 0.6) is 11.5 Å². The molecular formula is C19H27NO6. The molecule has 7 nitrogen and oxygen atoms in total. The highest BCUT2D eigenvalue weighted by molar-refractivity contribution is 5.82. The first kappa shape index (κ1) is 19.9. The van der Waals surface area contributed by atoms with E-state index in [4.69, 9.17) is 14.2 Å². The monoisotopic (exact) mass is 365 g/mol. The molecule has 1 amide bonds. The minimum Gasteiger partial charge on any atom is -0.496 e. The Balaban J connectivity index is 2.45.